The third-order valence-electron chi connectivity index (χ3n) is 6.43. The van der Waals surface area contributed by atoms with E-state index in [0.29, 0.717) is 19.3 Å². The predicted octanol–water partition coefficient (Wildman–Crippen LogP) is 4.36. The Balaban J connectivity index is 2.95. The third-order valence-corrected chi connectivity index (χ3v) is 6.43. The van der Waals surface area contributed by atoms with Crippen molar-refractivity contribution in [2.75, 3.05) is 7.11 Å². The number of methoxy groups -OCH3 is 1. The van der Waals surface area contributed by atoms with E-state index in [0.717, 1.165) is 32.1 Å². The molecule has 1 saturated carbocycles. The van der Waals surface area contributed by atoms with Gasteiger partial charge in [0, 0.05) is 50.4 Å². The van der Waals surface area contributed by atoms with Crippen LogP contribution in [-0.2, 0) is 28.6 Å². The molecule has 0 aliphatic heterocycles. The first kappa shape index (κ1) is 29.7. The molecule has 192 valence electrons. The number of carbonyl (C=O) groups excluding carboxylic acids is 3. The van der Waals surface area contributed by atoms with Crippen LogP contribution in [0.3, 0.4) is 0 Å². The molecular weight excluding hydrogens is 436 g/mol. The smallest absolute Gasteiger partial charge is 0.305 e. The van der Waals surface area contributed by atoms with Gasteiger partial charge in [0.05, 0.1) is 13.2 Å². The fourth-order valence-corrected chi connectivity index (χ4v) is 4.44. The van der Waals surface area contributed by atoms with Crippen LogP contribution in [0.15, 0.2) is 12.2 Å². The molecule has 1 N–H and O–H groups in total. The summed E-state index contributed by atoms with van der Waals surface area (Å²) < 4.78 is 15.9. The number of ether oxygens (including phenoxy) is 3. The third kappa shape index (κ3) is 10.3. The lowest BCUT2D eigenvalue weighted by atomic mass is 9.81. The van der Waals surface area contributed by atoms with Crippen LogP contribution in [0.25, 0.3) is 0 Å². The molecule has 7 heteroatoms. The maximum absolute atomic E-state index is 11.8. The van der Waals surface area contributed by atoms with Crippen LogP contribution in [0.4, 0.5) is 0 Å². The van der Waals surface area contributed by atoms with Gasteiger partial charge in [-0.1, -0.05) is 45.3 Å². The first-order valence-corrected chi connectivity index (χ1v) is 12.2. The van der Waals surface area contributed by atoms with Gasteiger partial charge in [-0.25, -0.2) is 0 Å². The molecule has 0 aromatic rings. The number of unbranched alkanes of at least 4 members (excludes halogenated alkanes) is 3. The second-order valence-electron chi connectivity index (χ2n) is 9.72. The van der Waals surface area contributed by atoms with Crippen LogP contribution in [0.1, 0.15) is 86.0 Å². The first-order chi connectivity index (χ1) is 16.0. The molecule has 0 heterocycles. The summed E-state index contributed by atoms with van der Waals surface area (Å²) in [4.78, 5) is 34.8. The van der Waals surface area contributed by atoms with E-state index in [-0.39, 0.29) is 35.8 Å². The van der Waals surface area contributed by atoms with E-state index in [2.05, 4.69) is 16.6 Å². The van der Waals surface area contributed by atoms with Gasteiger partial charge in [-0.3, -0.25) is 14.4 Å². The summed E-state index contributed by atoms with van der Waals surface area (Å²) in [5, 5.41) is 10.8. The van der Waals surface area contributed by atoms with Crippen molar-refractivity contribution in [3.8, 4) is 11.8 Å². The van der Waals surface area contributed by atoms with Crippen LogP contribution in [-0.4, -0.2) is 48.4 Å². The van der Waals surface area contributed by atoms with Crippen molar-refractivity contribution in [3.63, 3.8) is 0 Å². The van der Waals surface area contributed by atoms with Gasteiger partial charge >= 0.3 is 17.9 Å². The highest BCUT2D eigenvalue weighted by molar-refractivity contribution is 5.69. The quantitative estimate of drug-likeness (QED) is 0.138. The highest BCUT2D eigenvalue weighted by Gasteiger charge is 2.45. The topological polar surface area (TPSA) is 99.1 Å². The van der Waals surface area contributed by atoms with E-state index >= 15 is 0 Å². The number of hydrogen-bond donors (Lipinski definition) is 1. The van der Waals surface area contributed by atoms with E-state index in [1.807, 2.05) is 19.9 Å². The van der Waals surface area contributed by atoms with Crippen molar-refractivity contribution in [1.29, 1.82) is 0 Å². The van der Waals surface area contributed by atoms with Gasteiger partial charge in [0.2, 0.25) is 0 Å². The van der Waals surface area contributed by atoms with Gasteiger partial charge in [0.25, 0.3) is 0 Å². The number of esters is 3. The second-order valence-corrected chi connectivity index (χ2v) is 9.72. The van der Waals surface area contributed by atoms with Gasteiger partial charge in [0.15, 0.2) is 0 Å². The molecule has 0 amide bonds. The van der Waals surface area contributed by atoms with Gasteiger partial charge in [-0.05, 0) is 19.8 Å². The van der Waals surface area contributed by atoms with E-state index in [1.54, 1.807) is 13.0 Å². The Morgan fingerprint density at radius 1 is 1.06 bits per heavy atom. The lowest BCUT2D eigenvalue weighted by molar-refractivity contribution is -0.149. The summed E-state index contributed by atoms with van der Waals surface area (Å²) in [7, 11) is 1.39. The molecule has 1 fully saturated rings. The van der Waals surface area contributed by atoms with Crippen molar-refractivity contribution < 1.29 is 33.7 Å². The first-order valence-electron chi connectivity index (χ1n) is 12.2. The molecule has 5 atom stereocenters. The molecule has 0 bridgehead atoms. The Labute approximate surface area is 204 Å². The molecule has 0 saturated heterocycles. The summed E-state index contributed by atoms with van der Waals surface area (Å²) in [5.41, 5.74) is -0.431. The van der Waals surface area contributed by atoms with Crippen LogP contribution < -0.4 is 0 Å². The van der Waals surface area contributed by atoms with Gasteiger partial charge < -0.3 is 19.3 Å². The second kappa shape index (κ2) is 14.8. The van der Waals surface area contributed by atoms with E-state index in [9.17, 15) is 19.5 Å². The molecule has 0 spiro atoms. The molecule has 0 aromatic heterocycles. The van der Waals surface area contributed by atoms with E-state index in [1.165, 1.54) is 21.0 Å². The Bertz CT molecular complexity index is 759. The lowest BCUT2D eigenvalue weighted by Crippen LogP contribution is -2.29. The van der Waals surface area contributed by atoms with Crippen LogP contribution in [0.2, 0.25) is 0 Å². The van der Waals surface area contributed by atoms with Crippen molar-refractivity contribution in [2.24, 2.45) is 17.3 Å². The molecule has 34 heavy (non-hydrogen) atoms. The zero-order valence-electron chi connectivity index (χ0n) is 21.6. The summed E-state index contributed by atoms with van der Waals surface area (Å²) in [6.07, 6.45) is 7.85. The van der Waals surface area contributed by atoms with E-state index < -0.39 is 17.6 Å². The Kier molecular flexibility index (Phi) is 13.0. The van der Waals surface area contributed by atoms with Crippen LogP contribution in [0, 0.1) is 29.1 Å². The van der Waals surface area contributed by atoms with Crippen molar-refractivity contribution in [1.82, 2.24) is 0 Å². The zero-order valence-corrected chi connectivity index (χ0v) is 21.6. The monoisotopic (exact) mass is 478 g/mol. The van der Waals surface area contributed by atoms with Crippen LogP contribution >= 0.6 is 0 Å². The molecule has 0 unspecified atom stereocenters. The fourth-order valence-electron chi connectivity index (χ4n) is 4.44. The summed E-state index contributed by atoms with van der Waals surface area (Å²) in [6, 6.07) is 0. The highest BCUT2D eigenvalue weighted by atomic mass is 16.6. The number of rotatable bonds is 13. The SMILES string of the molecule is CC#CCC(C)(C)[C@H](O)/C=C/[C@@H]1[C@@H](CCCCCCC(=O)OC)[C@@H](OC(C)=O)C[C@H]1OC(C)=O. The number of carbonyl (C=O) groups is 3. The van der Waals surface area contributed by atoms with Gasteiger partial charge in [0.1, 0.15) is 12.2 Å². The Morgan fingerprint density at radius 3 is 2.26 bits per heavy atom. The van der Waals surface area contributed by atoms with Gasteiger partial charge in [-0.2, -0.15) is 0 Å². The normalized spacial score (nSPS) is 23.1. The molecule has 7 nitrogen and oxygen atoms in total. The Hall–Kier alpha value is -2.33. The predicted molar refractivity (Wildman–Crippen MR) is 129 cm³/mol. The largest absolute Gasteiger partial charge is 0.469 e. The summed E-state index contributed by atoms with van der Waals surface area (Å²) in [5.74, 6) is 4.74. The molecule has 1 aliphatic carbocycles. The maximum Gasteiger partial charge on any atom is 0.305 e. The van der Waals surface area contributed by atoms with Crippen LogP contribution in [0.5, 0.6) is 0 Å². The molecule has 0 radical (unpaired) electrons. The van der Waals surface area contributed by atoms with E-state index in [4.69, 9.17) is 9.47 Å². The standard InChI is InChI=1S/C27H42O7/c1-7-8-17-27(4,5)25(30)16-15-22-21(13-11-9-10-12-14-26(31)32-6)23(33-19(2)28)18-24(22)34-20(3)29/h15-16,21-25,30H,9-14,17-18H2,1-6H3/b16-15+/t21-,22-,23+,24-,25-/m1/s1. The average Bonchev–Trinajstić information content (AvgIpc) is 3.06. The maximum atomic E-state index is 11.8. The van der Waals surface area contributed by atoms with Crippen molar-refractivity contribution in [3.05, 3.63) is 12.2 Å². The zero-order chi connectivity index (χ0) is 25.7. The summed E-state index contributed by atoms with van der Waals surface area (Å²) in [6.45, 7) is 8.44. The number of hydrogen-bond acceptors (Lipinski definition) is 7. The number of aliphatic hydroxyl groups excluding tert-OH is 1. The lowest BCUT2D eigenvalue weighted by Gasteiger charge is -2.28. The molecule has 0 aromatic carbocycles. The fraction of sp³-hybridized carbons (Fsp3) is 0.741. The Morgan fingerprint density at radius 2 is 1.68 bits per heavy atom. The number of aliphatic hydroxyl groups is 1. The van der Waals surface area contributed by atoms with Crippen molar-refractivity contribution in [2.45, 2.75) is 104 Å². The van der Waals surface area contributed by atoms with Crippen molar-refractivity contribution >= 4 is 17.9 Å². The highest BCUT2D eigenvalue weighted by Crippen LogP contribution is 2.41. The molecule has 1 rings (SSSR count). The summed E-state index contributed by atoms with van der Waals surface area (Å²) >= 11 is 0. The minimum Gasteiger partial charge on any atom is -0.469 e. The minimum absolute atomic E-state index is 0.0316. The minimum atomic E-state index is -0.724. The molecular formula is C27H42O7. The molecule has 1 aliphatic rings. The average molecular weight is 479 g/mol. The van der Waals surface area contributed by atoms with Gasteiger partial charge in [-0.15, -0.1) is 11.8 Å².